The number of carbonyl (C=O) groups is 1. The Hall–Kier alpha value is -0.320. The van der Waals surface area contributed by atoms with Crippen molar-refractivity contribution in [2.45, 2.75) is 77.9 Å². The lowest BCUT2D eigenvalue weighted by molar-refractivity contribution is -0.137. The smallest absolute Gasteiger partial charge is 0.237 e. The van der Waals surface area contributed by atoms with Crippen molar-refractivity contribution in [2.75, 3.05) is 19.6 Å². The monoisotopic (exact) mass is 331 g/mol. The van der Waals surface area contributed by atoms with E-state index in [1.807, 2.05) is 0 Å². The Morgan fingerprint density at radius 2 is 1.86 bits per heavy atom. The maximum atomic E-state index is 12.8. The summed E-state index contributed by atoms with van der Waals surface area (Å²) in [4.78, 5) is 17.2. The van der Waals surface area contributed by atoms with E-state index in [-0.39, 0.29) is 23.9 Å². The number of carbonyl (C=O) groups excluding carboxylic acids is 1. The van der Waals surface area contributed by atoms with E-state index in [1.165, 1.54) is 25.7 Å². The molecule has 5 heteroatoms. The van der Waals surface area contributed by atoms with Gasteiger partial charge in [-0.25, -0.2) is 0 Å². The summed E-state index contributed by atoms with van der Waals surface area (Å²) in [5, 5.41) is 0. The number of nitrogens with two attached hydrogens (primary N) is 1. The van der Waals surface area contributed by atoms with E-state index in [4.69, 9.17) is 5.73 Å². The lowest BCUT2D eigenvalue weighted by atomic mass is 9.80. The molecule has 0 aromatic carbocycles. The van der Waals surface area contributed by atoms with Crippen LogP contribution in [0.15, 0.2) is 0 Å². The first-order chi connectivity index (χ1) is 9.81. The quantitative estimate of drug-likeness (QED) is 0.861. The van der Waals surface area contributed by atoms with Gasteiger partial charge in [-0.05, 0) is 38.5 Å². The van der Waals surface area contributed by atoms with Crippen molar-refractivity contribution < 1.29 is 4.79 Å². The third-order valence-electron chi connectivity index (χ3n) is 5.31. The van der Waals surface area contributed by atoms with Crippen LogP contribution in [-0.4, -0.2) is 53.5 Å². The van der Waals surface area contributed by atoms with Gasteiger partial charge < -0.3 is 10.6 Å². The molecule has 0 aromatic heterocycles. The van der Waals surface area contributed by atoms with Crippen LogP contribution in [0.25, 0.3) is 0 Å². The Morgan fingerprint density at radius 1 is 1.27 bits per heavy atom. The molecule has 130 valence electrons. The summed E-state index contributed by atoms with van der Waals surface area (Å²) < 4.78 is 0. The topological polar surface area (TPSA) is 49.6 Å². The summed E-state index contributed by atoms with van der Waals surface area (Å²) in [6.45, 7) is 11.2. The third kappa shape index (κ3) is 4.59. The molecule has 1 amide bonds. The second kappa shape index (κ2) is 7.98. The van der Waals surface area contributed by atoms with Crippen LogP contribution in [0.1, 0.15) is 59.8 Å². The van der Waals surface area contributed by atoms with Gasteiger partial charge in [-0.2, -0.15) is 0 Å². The highest BCUT2D eigenvalue weighted by Crippen LogP contribution is 2.29. The SMILES string of the molecule is CC(C)N(C(=O)CN1CCC(N)C(C)(C)C1)C1CCCC1.Cl. The Kier molecular flexibility index (Phi) is 7.16. The molecule has 0 radical (unpaired) electrons. The molecule has 1 aliphatic carbocycles. The Morgan fingerprint density at radius 3 is 2.36 bits per heavy atom. The normalized spacial score (nSPS) is 26.0. The average molecular weight is 332 g/mol. The van der Waals surface area contributed by atoms with Gasteiger partial charge in [0.1, 0.15) is 0 Å². The molecule has 2 N–H and O–H groups in total. The molecular weight excluding hydrogens is 298 g/mol. The highest BCUT2D eigenvalue weighted by atomic mass is 35.5. The molecule has 2 rings (SSSR count). The average Bonchev–Trinajstić information content (AvgIpc) is 2.86. The van der Waals surface area contributed by atoms with E-state index in [1.54, 1.807) is 0 Å². The van der Waals surface area contributed by atoms with Crippen molar-refractivity contribution in [1.82, 2.24) is 9.80 Å². The summed E-state index contributed by atoms with van der Waals surface area (Å²) >= 11 is 0. The number of likely N-dealkylation sites (tertiary alicyclic amines) is 1. The van der Waals surface area contributed by atoms with Crippen molar-refractivity contribution >= 4 is 18.3 Å². The van der Waals surface area contributed by atoms with Gasteiger partial charge in [0.15, 0.2) is 0 Å². The van der Waals surface area contributed by atoms with Gasteiger partial charge in [0.05, 0.1) is 6.54 Å². The largest absolute Gasteiger partial charge is 0.336 e. The Labute approximate surface area is 142 Å². The van der Waals surface area contributed by atoms with Gasteiger partial charge in [0.2, 0.25) is 5.91 Å². The van der Waals surface area contributed by atoms with E-state index < -0.39 is 0 Å². The van der Waals surface area contributed by atoms with Crippen LogP contribution < -0.4 is 5.73 Å². The van der Waals surface area contributed by atoms with Gasteiger partial charge in [-0.1, -0.05) is 26.7 Å². The van der Waals surface area contributed by atoms with Gasteiger partial charge in [-0.3, -0.25) is 9.69 Å². The van der Waals surface area contributed by atoms with Crippen molar-refractivity contribution in [3.63, 3.8) is 0 Å². The molecule has 1 heterocycles. The number of halogens is 1. The van der Waals surface area contributed by atoms with Crippen molar-refractivity contribution in [2.24, 2.45) is 11.1 Å². The zero-order valence-electron chi connectivity index (χ0n) is 14.7. The summed E-state index contributed by atoms with van der Waals surface area (Å²) in [5.74, 6) is 0.308. The van der Waals surface area contributed by atoms with E-state index in [0.29, 0.717) is 24.5 Å². The molecule has 22 heavy (non-hydrogen) atoms. The molecular formula is C17H34ClN3O. The zero-order chi connectivity index (χ0) is 15.6. The fourth-order valence-electron chi connectivity index (χ4n) is 3.99. The lowest BCUT2D eigenvalue weighted by Gasteiger charge is -2.43. The van der Waals surface area contributed by atoms with Gasteiger partial charge in [-0.15, -0.1) is 12.4 Å². The van der Waals surface area contributed by atoms with Crippen molar-refractivity contribution in [3.05, 3.63) is 0 Å². The minimum absolute atomic E-state index is 0. The van der Waals surface area contributed by atoms with Crippen LogP contribution in [0.2, 0.25) is 0 Å². The predicted octanol–water partition coefficient (Wildman–Crippen LogP) is 2.65. The molecule has 1 saturated carbocycles. The molecule has 1 aliphatic heterocycles. The second-order valence-electron chi connectivity index (χ2n) is 7.93. The van der Waals surface area contributed by atoms with Crippen molar-refractivity contribution in [1.29, 1.82) is 0 Å². The first-order valence-corrected chi connectivity index (χ1v) is 8.60. The molecule has 2 fully saturated rings. The number of nitrogens with zero attached hydrogens (tertiary/aromatic N) is 2. The van der Waals surface area contributed by atoms with Crippen LogP contribution in [-0.2, 0) is 4.79 Å². The first kappa shape index (κ1) is 19.7. The minimum atomic E-state index is 0. The van der Waals surface area contributed by atoms with Crippen LogP contribution in [0.3, 0.4) is 0 Å². The molecule has 0 bridgehead atoms. The maximum Gasteiger partial charge on any atom is 0.237 e. The van der Waals surface area contributed by atoms with E-state index in [2.05, 4.69) is 37.5 Å². The molecule has 2 aliphatic rings. The predicted molar refractivity (Wildman–Crippen MR) is 94.3 cm³/mol. The summed E-state index contributed by atoms with van der Waals surface area (Å²) in [6, 6.07) is 1.03. The highest BCUT2D eigenvalue weighted by molar-refractivity contribution is 5.85. The summed E-state index contributed by atoms with van der Waals surface area (Å²) in [6.07, 6.45) is 5.89. The molecule has 1 atom stereocenters. The highest BCUT2D eigenvalue weighted by Gasteiger charge is 2.35. The van der Waals surface area contributed by atoms with Crippen molar-refractivity contribution in [3.8, 4) is 0 Å². The number of rotatable bonds is 4. The zero-order valence-corrected chi connectivity index (χ0v) is 15.5. The van der Waals surface area contributed by atoms with Crippen LogP contribution in [0.4, 0.5) is 0 Å². The van der Waals surface area contributed by atoms with E-state index >= 15 is 0 Å². The number of piperidine rings is 1. The fourth-order valence-corrected chi connectivity index (χ4v) is 3.99. The molecule has 0 aromatic rings. The van der Waals surface area contributed by atoms with Crippen LogP contribution in [0, 0.1) is 5.41 Å². The standard InChI is InChI=1S/C17H33N3O.ClH/c1-13(2)20(14-7-5-6-8-14)16(21)11-19-10-9-15(18)17(3,4)12-19;/h13-15H,5-12,18H2,1-4H3;1H. The Balaban J connectivity index is 0.00000242. The molecule has 1 saturated heterocycles. The maximum absolute atomic E-state index is 12.8. The van der Waals surface area contributed by atoms with E-state index in [9.17, 15) is 4.79 Å². The van der Waals surface area contributed by atoms with Crippen LogP contribution >= 0.6 is 12.4 Å². The second-order valence-corrected chi connectivity index (χ2v) is 7.93. The van der Waals surface area contributed by atoms with Crippen LogP contribution in [0.5, 0.6) is 0 Å². The molecule has 1 unspecified atom stereocenters. The van der Waals surface area contributed by atoms with Gasteiger partial charge in [0, 0.05) is 31.2 Å². The molecule has 0 spiro atoms. The number of amides is 1. The number of hydrogen-bond acceptors (Lipinski definition) is 3. The summed E-state index contributed by atoms with van der Waals surface area (Å²) in [5.41, 5.74) is 6.30. The van der Waals surface area contributed by atoms with Gasteiger partial charge >= 0.3 is 0 Å². The Bertz CT molecular complexity index is 367. The summed E-state index contributed by atoms with van der Waals surface area (Å²) in [7, 11) is 0. The van der Waals surface area contributed by atoms with Gasteiger partial charge in [0.25, 0.3) is 0 Å². The lowest BCUT2D eigenvalue weighted by Crippen LogP contribution is -2.55. The minimum Gasteiger partial charge on any atom is -0.336 e. The third-order valence-corrected chi connectivity index (χ3v) is 5.31. The number of hydrogen-bond donors (Lipinski definition) is 1. The molecule has 4 nitrogen and oxygen atoms in total. The first-order valence-electron chi connectivity index (χ1n) is 8.60. The fraction of sp³-hybridized carbons (Fsp3) is 0.941. The van der Waals surface area contributed by atoms with E-state index in [0.717, 1.165) is 19.5 Å².